The molecule has 1 N–H and O–H groups in total. The first kappa shape index (κ1) is 18.6. The Morgan fingerprint density at radius 3 is 2.31 bits per heavy atom. The van der Waals surface area contributed by atoms with E-state index in [1.807, 2.05) is 19.9 Å². The summed E-state index contributed by atoms with van der Waals surface area (Å²) in [4.78, 5) is 12.7. The summed E-state index contributed by atoms with van der Waals surface area (Å²) in [5, 5.41) is 7.15. The molecule has 2 aromatic rings. The second kappa shape index (κ2) is 7.20. The van der Waals surface area contributed by atoms with Gasteiger partial charge in [0.15, 0.2) is 0 Å². The first-order valence-corrected chi connectivity index (χ1v) is 10.2. The largest absolute Gasteiger partial charge is 0.324 e. The van der Waals surface area contributed by atoms with Crippen LogP contribution in [0.3, 0.4) is 0 Å². The number of hydrogen-bond acceptors (Lipinski definition) is 4. The Morgan fingerprint density at radius 1 is 1.15 bits per heavy atom. The minimum atomic E-state index is -3.44. The van der Waals surface area contributed by atoms with Crippen LogP contribution in [0.25, 0.3) is 0 Å². The lowest BCUT2D eigenvalue weighted by Crippen LogP contribution is -2.28. The first-order chi connectivity index (χ1) is 12.3. The van der Waals surface area contributed by atoms with Crippen LogP contribution in [0.5, 0.6) is 0 Å². The van der Waals surface area contributed by atoms with Gasteiger partial charge in [-0.2, -0.15) is 9.40 Å². The van der Waals surface area contributed by atoms with Gasteiger partial charge in [0.05, 0.1) is 10.6 Å². The van der Waals surface area contributed by atoms with E-state index in [-0.39, 0.29) is 10.8 Å². The van der Waals surface area contributed by atoms with Crippen LogP contribution in [0.1, 0.15) is 37.2 Å². The van der Waals surface area contributed by atoms with Crippen molar-refractivity contribution in [1.82, 2.24) is 14.1 Å². The highest BCUT2D eigenvalue weighted by Gasteiger charge is 2.27. The number of amides is 1. The van der Waals surface area contributed by atoms with Crippen molar-refractivity contribution >= 4 is 21.6 Å². The minimum Gasteiger partial charge on any atom is -0.324 e. The summed E-state index contributed by atoms with van der Waals surface area (Å²) in [6, 6.07) is 7.77. The van der Waals surface area contributed by atoms with Gasteiger partial charge in [-0.3, -0.25) is 9.48 Å². The van der Waals surface area contributed by atoms with Crippen molar-refractivity contribution in [3.8, 4) is 0 Å². The molecule has 0 spiro atoms. The fourth-order valence-electron chi connectivity index (χ4n) is 3.18. The molecular weight excluding hydrogens is 352 g/mol. The predicted molar refractivity (Wildman–Crippen MR) is 99.5 cm³/mol. The molecule has 1 aliphatic heterocycles. The highest BCUT2D eigenvalue weighted by molar-refractivity contribution is 7.89. The van der Waals surface area contributed by atoms with E-state index in [1.165, 1.54) is 16.4 Å². The summed E-state index contributed by atoms with van der Waals surface area (Å²) in [6.07, 6.45) is 1.80. The third-order valence-electron chi connectivity index (χ3n) is 4.62. The minimum absolute atomic E-state index is 0.202. The molecule has 1 aromatic carbocycles. The quantitative estimate of drug-likeness (QED) is 0.869. The van der Waals surface area contributed by atoms with Crippen molar-refractivity contribution in [2.45, 2.75) is 44.6 Å². The van der Waals surface area contributed by atoms with Gasteiger partial charge in [0.25, 0.3) is 0 Å². The van der Waals surface area contributed by atoms with Crippen molar-refractivity contribution < 1.29 is 13.2 Å². The second-order valence-electron chi connectivity index (χ2n) is 6.67. The molecule has 1 aromatic heterocycles. The molecule has 1 atom stereocenters. The fraction of sp³-hybridized carbons (Fsp3) is 0.444. The van der Waals surface area contributed by atoms with E-state index in [0.29, 0.717) is 18.8 Å². The number of aryl methyl sites for hydroxylation is 2. The molecule has 0 bridgehead atoms. The zero-order valence-corrected chi connectivity index (χ0v) is 16.1. The summed E-state index contributed by atoms with van der Waals surface area (Å²) in [5.41, 5.74) is 2.33. The van der Waals surface area contributed by atoms with E-state index in [0.717, 1.165) is 24.2 Å². The monoisotopic (exact) mass is 376 g/mol. The van der Waals surface area contributed by atoms with Crippen molar-refractivity contribution in [3.63, 3.8) is 0 Å². The van der Waals surface area contributed by atoms with Crippen LogP contribution in [0.4, 0.5) is 5.69 Å². The maximum Gasteiger partial charge on any atom is 0.248 e. The van der Waals surface area contributed by atoms with Gasteiger partial charge in [-0.15, -0.1) is 0 Å². The van der Waals surface area contributed by atoms with Crippen molar-refractivity contribution in [3.05, 3.63) is 41.7 Å². The smallest absolute Gasteiger partial charge is 0.248 e. The maximum absolute atomic E-state index is 12.5. The van der Waals surface area contributed by atoms with E-state index < -0.39 is 16.1 Å². The molecule has 0 saturated carbocycles. The average molecular weight is 376 g/mol. The summed E-state index contributed by atoms with van der Waals surface area (Å²) in [7, 11) is -3.44. The number of benzene rings is 1. The van der Waals surface area contributed by atoms with Gasteiger partial charge in [0, 0.05) is 24.5 Å². The molecule has 8 heteroatoms. The van der Waals surface area contributed by atoms with Gasteiger partial charge >= 0.3 is 0 Å². The topological polar surface area (TPSA) is 84.3 Å². The van der Waals surface area contributed by atoms with Crippen molar-refractivity contribution in [1.29, 1.82) is 0 Å². The Morgan fingerprint density at radius 2 is 1.77 bits per heavy atom. The summed E-state index contributed by atoms with van der Waals surface area (Å²) in [5.74, 6) is -0.202. The molecule has 2 heterocycles. The molecule has 0 radical (unpaired) electrons. The van der Waals surface area contributed by atoms with Crippen molar-refractivity contribution in [2.75, 3.05) is 18.4 Å². The molecule has 7 nitrogen and oxygen atoms in total. The molecule has 1 saturated heterocycles. The molecule has 1 fully saturated rings. The number of sulfonamides is 1. The molecule has 0 unspecified atom stereocenters. The number of nitrogens with zero attached hydrogens (tertiary/aromatic N) is 3. The zero-order valence-electron chi connectivity index (χ0n) is 15.3. The van der Waals surface area contributed by atoms with Gasteiger partial charge in [-0.05, 0) is 63.9 Å². The number of anilines is 1. The molecule has 26 heavy (non-hydrogen) atoms. The third-order valence-corrected chi connectivity index (χ3v) is 6.53. The lowest BCUT2D eigenvalue weighted by molar-refractivity contribution is -0.119. The first-order valence-electron chi connectivity index (χ1n) is 8.73. The Labute approximate surface area is 154 Å². The molecular formula is C18H24N4O3S. The van der Waals surface area contributed by atoms with Crippen LogP contribution < -0.4 is 5.32 Å². The summed E-state index contributed by atoms with van der Waals surface area (Å²) >= 11 is 0. The number of nitrogens with one attached hydrogen (secondary N) is 1. The lowest BCUT2D eigenvalue weighted by atomic mass is 10.2. The van der Waals surface area contributed by atoms with E-state index in [4.69, 9.17) is 0 Å². The lowest BCUT2D eigenvalue weighted by Gasteiger charge is -2.17. The Balaban J connectivity index is 1.71. The van der Waals surface area contributed by atoms with Crippen molar-refractivity contribution in [2.24, 2.45) is 0 Å². The standard InChI is InChI=1S/C18H24N4O3S/c1-13-12-14(2)22(20-13)15(3)18(23)19-16-6-8-17(9-7-16)26(24,25)21-10-4-5-11-21/h6-9,12,15H,4-5,10-11H2,1-3H3,(H,19,23)/t15-/m0/s1. The van der Waals surface area contributed by atoms with Gasteiger partial charge in [-0.25, -0.2) is 8.42 Å². The summed E-state index contributed by atoms with van der Waals surface area (Å²) in [6.45, 7) is 6.71. The molecule has 1 amide bonds. The average Bonchev–Trinajstić information content (AvgIpc) is 3.24. The van der Waals surface area contributed by atoms with Gasteiger partial charge in [-0.1, -0.05) is 0 Å². The zero-order chi connectivity index (χ0) is 18.9. The molecule has 1 aliphatic rings. The molecule has 0 aliphatic carbocycles. The van der Waals surface area contributed by atoms with Crippen LogP contribution in [0.15, 0.2) is 35.2 Å². The van der Waals surface area contributed by atoms with Gasteiger partial charge in [0.2, 0.25) is 15.9 Å². The number of hydrogen-bond donors (Lipinski definition) is 1. The second-order valence-corrected chi connectivity index (χ2v) is 8.61. The molecule has 3 rings (SSSR count). The van der Waals surface area contributed by atoms with Gasteiger partial charge in [0.1, 0.15) is 6.04 Å². The van der Waals surface area contributed by atoms with Crippen LogP contribution in [-0.4, -0.2) is 41.5 Å². The normalized spacial score (nSPS) is 16.6. The molecule has 140 valence electrons. The van der Waals surface area contributed by atoms with E-state index in [2.05, 4.69) is 10.4 Å². The summed E-state index contributed by atoms with van der Waals surface area (Å²) < 4.78 is 28.2. The Kier molecular flexibility index (Phi) is 5.15. The number of aromatic nitrogens is 2. The highest BCUT2D eigenvalue weighted by atomic mass is 32.2. The third kappa shape index (κ3) is 3.66. The van der Waals surface area contributed by atoms with Crippen LogP contribution in [0.2, 0.25) is 0 Å². The Hall–Kier alpha value is -2.19. The number of rotatable bonds is 5. The van der Waals surface area contributed by atoms with Crippen LogP contribution in [-0.2, 0) is 14.8 Å². The van der Waals surface area contributed by atoms with Crippen LogP contribution in [0, 0.1) is 13.8 Å². The maximum atomic E-state index is 12.5. The predicted octanol–water partition coefficient (Wildman–Crippen LogP) is 2.48. The SMILES string of the molecule is Cc1cc(C)n([C@@H](C)C(=O)Nc2ccc(S(=O)(=O)N3CCCC3)cc2)n1. The van der Waals surface area contributed by atoms with Gasteiger partial charge < -0.3 is 5.32 Å². The fourth-order valence-corrected chi connectivity index (χ4v) is 4.70. The van der Waals surface area contributed by atoms with E-state index >= 15 is 0 Å². The number of carbonyl (C=O) groups excluding carboxylic acids is 1. The van der Waals surface area contributed by atoms with E-state index in [1.54, 1.807) is 23.7 Å². The highest BCUT2D eigenvalue weighted by Crippen LogP contribution is 2.22. The van der Waals surface area contributed by atoms with E-state index in [9.17, 15) is 13.2 Å². The Bertz CT molecular complexity index is 897. The van der Waals surface area contributed by atoms with Crippen LogP contribution >= 0.6 is 0 Å². The number of carbonyl (C=O) groups is 1.